The number of aromatic carboxylic acids is 1. The maximum Gasteiger partial charge on any atom is 0.337 e. The molecule has 0 saturated carbocycles. The molecule has 7 heteroatoms. The largest absolute Gasteiger partial charge is 0.478 e. The van der Waals surface area contributed by atoms with E-state index in [0.29, 0.717) is 0 Å². The van der Waals surface area contributed by atoms with Gasteiger partial charge in [0.25, 0.3) is 0 Å². The van der Waals surface area contributed by atoms with Crippen LogP contribution in [0.1, 0.15) is 24.2 Å². The second kappa shape index (κ2) is 6.25. The Morgan fingerprint density at radius 2 is 1.86 bits per heavy atom. The van der Waals surface area contributed by atoms with Gasteiger partial charge in [0.1, 0.15) is 0 Å². The van der Waals surface area contributed by atoms with Gasteiger partial charge >= 0.3 is 12.0 Å². The molecule has 0 radical (unpaired) electrons. The molecule has 4 N–H and O–H groups in total. The van der Waals surface area contributed by atoms with Crippen molar-refractivity contribution in [3.8, 4) is 0 Å². The number of benzene rings is 1. The van der Waals surface area contributed by atoms with Crippen LogP contribution >= 0.6 is 0 Å². The minimum atomic E-state index is -1.12. The molecule has 0 spiro atoms. The summed E-state index contributed by atoms with van der Waals surface area (Å²) in [7, 11) is 1.45. The van der Waals surface area contributed by atoms with E-state index in [1.807, 2.05) is 0 Å². The van der Waals surface area contributed by atoms with E-state index in [4.69, 9.17) is 10.8 Å². The predicted molar refractivity (Wildman–Crippen MR) is 78.2 cm³/mol. The summed E-state index contributed by atoms with van der Waals surface area (Å²) in [4.78, 5) is 35.6. The van der Waals surface area contributed by atoms with Crippen molar-refractivity contribution in [2.75, 3.05) is 18.5 Å². The Morgan fingerprint density at radius 3 is 2.38 bits per heavy atom. The number of nitrogens with zero attached hydrogens (tertiary/aromatic N) is 1. The van der Waals surface area contributed by atoms with E-state index < -0.39 is 23.3 Å². The van der Waals surface area contributed by atoms with E-state index in [-0.39, 0.29) is 17.8 Å². The van der Waals surface area contributed by atoms with Gasteiger partial charge in [0.2, 0.25) is 5.91 Å². The lowest BCUT2D eigenvalue weighted by Gasteiger charge is -2.24. The molecule has 0 unspecified atom stereocenters. The number of urea groups is 1. The maximum absolute atomic E-state index is 12.1. The van der Waals surface area contributed by atoms with Gasteiger partial charge in [-0.15, -0.1) is 0 Å². The minimum Gasteiger partial charge on any atom is -0.478 e. The average molecular weight is 293 g/mol. The molecule has 0 aromatic heterocycles. The van der Waals surface area contributed by atoms with Crippen LogP contribution in [0, 0.1) is 5.41 Å². The van der Waals surface area contributed by atoms with E-state index >= 15 is 0 Å². The standard InChI is InChI=1S/C14H19N3O4/c1-14(2,12(15)20)8-16-13(21)17(3)10-7-5-4-6-9(10)11(18)19/h4-7H,8H2,1-3H3,(H2,15,20)(H,16,21)(H,18,19). The lowest BCUT2D eigenvalue weighted by molar-refractivity contribution is -0.125. The Balaban J connectivity index is 2.85. The number of para-hydroxylation sites is 1. The summed E-state index contributed by atoms with van der Waals surface area (Å²) in [5.41, 5.74) is 4.62. The molecule has 21 heavy (non-hydrogen) atoms. The molecule has 0 aliphatic carbocycles. The van der Waals surface area contributed by atoms with Gasteiger partial charge in [-0.25, -0.2) is 9.59 Å². The molecule has 0 aliphatic heterocycles. The van der Waals surface area contributed by atoms with E-state index in [9.17, 15) is 14.4 Å². The van der Waals surface area contributed by atoms with Gasteiger partial charge in [-0.2, -0.15) is 0 Å². The number of carbonyl (C=O) groups is 3. The highest BCUT2D eigenvalue weighted by atomic mass is 16.4. The molecule has 0 bridgehead atoms. The molecule has 1 rings (SSSR count). The van der Waals surface area contributed by atoms with Crippen molar-refractivity contribution in [3.63, 3.8) is 0 Å². The Labute approximate surface area is 122 Å². The van der Waals surface area contributed by atoms with Gasteiger partial charge in [-0.3, -0.25) is 9.69 Å². The summed E-state index contributed by atoms with van der Waals surface area (Å²) in [5, 5.41) is 11.7. The van der Waals surface area contributed by atoms with Gasteiger partial charge in [0, 0.05) is 13.6 Å². The summed E-state index contributed by atoms with van der Waals surface area (Å²) in [6.45, 7) is 3.28. The first-order chi connectivity index (χ1) is 9.66. The number of hydrogen-bond acceptors (Lipinski definition) is 3. The van der Waals surface area contributed by atoms with Crippen LogP contribution < -0.4 is 16.0 Å². The highest BCUT2D eigenvalue weighted by Crippen LogP contribution is 2.19. The molecular formula is C14H19N3O4. The molecule has 1 aromatic carbocycles. The smallest absolute Gasteiger partial charge is 0.337 e. The Kier molecular flexibility index (Phi) is 4.91. The third kappa shape index (κ3) is 3.95. The van der Waals surface area contributed by atoms with Gasteiger partial charge in [-0.05, 0) is 26.0 Å². The second-order valence-electron chi connectivity index (χ2n) is 5.29. The van der Waals surface area contributed by atoms with Crippen LogP contribution in [0.25, 0.3) is 0 Å². The molecule has 3 amide bonds. The maximum atomic E-state index is 12.1. The number of carboxylic acid groups (broad SMARTS) is 1. The summed E-state index contributed by atoms with van der Waals surface area (Å²) in [6, 6.07) is 5.64. The highest BCUT2D eigenvalue weighted by molar-refractivity contribution is 6.01. The summed E-state index contributed by atoms with van der Waals surface area (Å²) >= 11 is 0. The van der Waals surface area contributed by atoms with Crippen LogP contribution in [0.4, 0.5) is 10.5 Å². The third-order valence-corrected chi connectivity index (χ3v) is 3.15. The van der Waals surface area contributed by atoms with Gasteiger partial charge in [-0.1, -0.05) is 12.1 Å². The first-order valence-corrected chi connectivity index (χ1v) is 6.30. The van der Waals surface area contributed by atoms with Crippen molar-refractivity contribution in [2.24, 2.45) is 11.1 Å². The van der Waals surface area contributed by atoms with Crippen LogP contribution in [-0.4, -0.2) is 36.6 Å². The van der Waals surface area contributed by atoms with E-state index in [2.05, 4.69) is 5.32 Å². The van der Waals surface area contributed by atoms with E-state index in [1.54, 1.807) is 26.0 Å². The minimum absolute atomic E-state index is 0.0179. The normalized spacial score (nSPS) is 10.8. The van der Waals surface area contributed by atoms with Crippen molar-refractivity contribution in [2.45, 2.75) is 13.8 Å². The SMILES string of the molecule is CN(C(=O)NCC(C)(C)C(N)=O)c1ccccc1C(=O)O. The van der Waals surface area contributed by atoms with Crippen molar-refractivity contribution in [1.29, 1.82) is 0 Å². The van der Waals surface area contributed by atoms with Crippen molar-refractivity contribution in [1.82, 2.24) is 5.32 Å². The number of rotatable bonds is 5. The quantitative estimate of drug-likeness (QED) is 0.752. The zero-order valence-electron chi connectivity index (χ0n) is 12.2. The number of nitrogens with one attached hydrogen (secondary N) is 1. The fourth-order valence-electron chi connectivity index (χ4n) is 1.56. The summed E-state index contributed by atoms with van der Waals surface area (Å²) in [5.74, 6) is -1.65. The first kappa shape index (κ1) is 16.5. The fraction of sp³-hybridized carbons (Fsp3) is 0.357. The second-order valence-corrected chi connectivity index (χ2v) is 5.29. The summed E-state index contributed by atoms with van der Waals surface area (Å²) < 4.78 is 0. The Morgan fingerprint density at radius 1 is 1.29 bits per heavy atom. The first-order valence-electron chi connectivity index (χ1n) is 6.30. The molecule has 0 aliphatic rings. The van der Waals surface area contributed by atoms with Crippen LogP contribution in [0.3, 0.4) is 0 Å². The van der Waals surface area contributed by atoms with Crippen LogP contribution in [0.2, 0.25) is 0 Å². The average Bonchev–Trinajstić information content (AvgIpc) is 2.43. The van der Waals surface area contributed by atoms with Crippen LogP contribution in [-0.2, 0) is 4.79 Å². The van der Waals surface area contributed by atoms with E-state index in [1.165, 1.54) is 24.1 Å². The zero-order valence-corrected chi connectivity index (χ0v) is 12.2. The summed E-state index contributed by atoms with van der Waals surface area (Å²) in [6.07, 6.45) is 0. The Hall–Kier alpha value is -2.57. The van der Waals surface area contributed by atoms with Crippen molar-refractivity contribution in [3.05, 3.63) is 29.8 Å². The molecular weight excluding hydrogens is 274 g/mol. The number of hydrogen-bond donors (Lipinski definition) is 3. The fourth-order valence-corrected chi connectivity index (χ4v) is 1.56. The number of carboxylic acids is 1. The number of nitrogens with two attached hydrogens (primary N) is 1. The van der Waals surface area contributed by atoms with Crippen LogP contribution in [0.15, 0.2) is 24.3 Å². The third-order valence-electron chi connectivity index (χ3n) is 3.15. The van der Waals surface area contributed by atoms with Gasteiger partial charge in [0.15, 0.2) is 0 Å². The number of primary amides is 1. The molecule has 0 saturated heterocycles. The lowest BCUT2D eigenvalue weighted by Crippen LogP contribution is -2.46. The molecule has 0 atom stereocenters. The van der Waals surface area contributed by atoms with Crippen molar-refractivity contribution >= 4 is 23.6 Å². The number of anilines is 1. The molecule has 1 aromatic rings. The molecule has 0 heterocycles. The highest BCUT2D eigenvalue weighted by Gasteiger charge is 2.26. The van der Waals surface area contributed by atoms with Crippen molar-refractivity contribution < 1.29 is 19.5 Å². The molecule has 0 fully saturated rings. The number of amides is 3. The van der Waals surface area contributed by atoms with E-state index in [0.717, 1.165) is 0 Å². The number of carbonyl (C=O) groups excluding carboxylic acids is 2. The Bertz CT molecular complexity index is 569. The van der Waals surface area contributed by atoms with Gasteiger partial charge in [0.05, 0.1) is 16.7 Å². The zero-order chi connectivity index (χ0) is 16.2. The van der Waals surface area contributed by atoms with Gasteiger partial charge < -0.3 is 16.2 Å². The predicted octanol–water partition coefficient (Wildman–Crippen LogP) is 1.04. The molecule has 114 valence electrons. The topological polar surface area (TPSA) is 113 Å². The lowest BCUT2D eigenvalue weighted by atomic mass is 9.93. The monoisotopic (exact) mass is 293 g/mol. The molecule has 7 nitrogen and oxygen atoms in total. The van der Waals surface area contributed by atoms with Crippen LogP contribution in [0.5, 0.6) is 0 Å².